The van der Waals surface area contributed by atoms with E-state index >= 15 is 0 Å². The molecule has 0 atom stereocenters. The standard InChI is InChI=1S/C17H15ClFN3/c18-15-8-13(19)6-7-14(15)17-16(9-20)22(11-21-17)10-12-4-2-1-3-5-12/h1-8,11H,9-10,20H2. The van der Waals surface area contributed by atoms with E-state index in [1.54, 1.807) is 12.4 Å². The summed E-state index contributed by atoms with van der Waals surface area (Å²) in [6.07, 6.45) is 1.74. The van der Waals surface area contributed by atoms with E-state index in [1.165, 1.54) is 12.1 Å². The molecule has 0 aliphatic heterocycles. The molecule has 0 bridgehead atoms. The maximum Gasteiger partial charge on any atom is 0.124 e. The van der Waals surface area contributed by atoms with Crippen LogP contribution in [0.25, 0.3) is 11.3 Å². The Morgan fingerprint density at radius 2 is 1.91 bits per heavy atom. The van der Waals surface area contributed by atoms with Gasteiger partial charge in [-0.2, -0.15) is 0 Å². The van der Waals surface area contributed by atoms with Crippen LogP contribution in [-0.4, -0.2) is 9.55 Å². The molecule has 0 aliphatic carbocycles. The van der Waals surface area contributed by atoms with Crippen molar-refractivity contribution in [3.05, 3.63) is 77.0 Å². The SMILES string of the molecule is NCc1c(-c2ccc(F)cc2Cl)ncn1Cc1ccccc1. The molecule has 112 valence electrons. The van der Waals surface area contributed by atoms with Crippen LogP contribution in [0.4, 0.5) is 4.39 Å². The molecular formula is C17H15ClFN3. The summed E-state index contributed by atoms with van der Waals surface area (Å²) in [5.41, 5.74) is 9.31. The summed E-state index contributed by atoms with van der Waals surface area (Å²) in [5.74, 6) is -0.369. The van der Waals surface area contributed by atoms with Gasteiger partial charge in [0.25, 0.3) is 0 Å². The molecule has 2 N–H and O–H groups in total. The van der Waals surface area contributed by atoms with Gasteiger partial charge in [0.05, 0.1) is 22.7 Å². The summed E-state index contributed by atoms with van der Waals surface area (Å²) >= 11 is 6.13. The summed E-state index contributed by atoms with van der Waals surface area (Å²) in [6, 6.07) is 14.3. The summed E-state index contributed by atoms with van der Waals surface area (Å²) in [5, 5.41) is 0.333. The van der Waals surface area contributed by atoms with Gasteiger partial charge in [-0.3, -0.25) is 0 Å². The molecule has 0 aliphatic rings. The fourth-order valence-electron chi connectivity index (χ4n) is 2.44. The lowest BCUT2D eigenvalue weighted by atomic mass is 10.1. The van der Waals surface area contributed by atoms with Crippen molar-refractivity contribution in [3.63, 3.8) is 0 Å². The Morgan fingerprint density at radius 3 is 2.59 bits per heavy atom. The summed E-state index contributed by atoms with van der Waals surface area (Å²) in [6.45, 7) is 1.01. The first kappa shape index (κ1) is 14.8. The first-order chi connectivity index (χ1) is 10.7. The van der Waals surface area contributed by atoms with Gasteiger partial charge in [0.15, 0.2) is 0 Å². The number of hydrogen-bond donors (Lipinski definition) is 1. The molecule has 3 nitrogen and oxygen atoms in total. The highest BCUT2D eigenvalue weighted by molar-refractivity contribution is 6.33. The molecule has 2 aromatic carbocycles. The van der Waals surface area contributed by atoms with Crippen molar-refractivity contribution < 1.29 is 4.39 Å². The first-order valence-electron chi connectivity index (χ1n) is 6.92. The number of imidazole rings is 1. The van der Waals surface area contributed by atoms with Gasteiger partial charge in [-0.15, -0.1) is 0 Å². The van der Waals surface area contributed by atoms with Gasteiger partial charge in [-0.05, 0) is 23.8 Å². The second-order valence-corrected chi connectivity index (χ2v) is 5.39. The maximum atomic E-state index is 13.2. The van der Waals surface area contributed by atoms with Gasteiger partial charge in [-0.25, -0.2) is 9.37 Å². The van der Waals surface area contributed by atoms with Crippen LogP contribution >= 0.6 is 11.6 Å². The number of benzene rings is 2. The van der Waals surface area contributed by atoms with Crippen molar-refractivity contribution >= 4 is 11.6 Å². The summed E-state index contributed by atoms with van der Waals surface area (Å²) in [4.78, 5) is 4.42. The highest BCUT2D eigenvalue weighted by Crippen LogP contribution is 2.30. The van der Waals surface area contributed by atoms with Gasteiger partial charge in [-0.1, -0.05) is 41.9 Å². The molecular weight excluding hydrogens is 301 g/mol. The summed E-state index contributed by atoms with van der Waals surface area (Å²) in [7, 11) is 0. The predicted molar refractivity (Wildman–Crippen MR) is 86.1 cm³/mol. The van der Waals surface area contributed by atoms with Crippen LogP contribution in [0, 0.1) is 5.82 Å². The zero-order valence-electron chi connectivity index (χ0n) is 11.8. The fourth-order valence-corrected chi connectivity index (χ4v) is 2.70. The molecule has 22 heavy (non-hydrogen) atoms. The number of hydrogen-bond acceptors (Lipinski definition) is 2. The number of nitrogens with two attached hydrogens (primary N) is 1. The van der Waals surface area contributed by atoms with Crippen LogP contribution in [0.3, 0.4) is 0 Å². The Hall–Kier alpha value is -2.17. The Labute approximate surface area is 133 Å². The predicted octanol–water partition coefficient (Wildman–Crippen LogP) is 3.85. The van der Waals surface area contributed by atoms with Crippen LogP contribution < -0.4 is 5.73 Å². The molecule has 0 spiro atoms. The molecule has 0 fully saturated rings. The minimum Gasteiger partial charge on any atom is -0.328 e. The van der Waals surface area contributed by atoms with E-state index in [2.05, 4.69) is 4.98 Å². The lowest BCUT2D eigenvalue weighted by molar-refractivity contribution is 0.628. The van der Waals surface area contributed by atoms with E-state index in [9.17, 15) is 4.39 Å². The third kappa shape index (κ3) is 2.89. The normalized spacial score (nSPS) is 10.9. The second-order valence-electron chi connectivity index (χ2n) is 4.98. The van der Waals surface area contributed by atoms with Crippen molar-refractivity contribution in [2.75, 3.05) is 0 Å². The van der Waals surface area contributed by atoms with Crippen molar-refractivity contribution in [2.45, 2.75) is 13.1 Å². The molecule has 3 rings (SSSR count). The van der Waals surface area contributed by atoms with Crippen molar-refractivity contribution in [2.24, 2.45) is 5.73 Å². The Balaban J connectivity index is 2.00. The Kier molecular flexibility index (Phi) is 4.22. The zero-order chi connectivity index (χ0) is 15.5. The second kappa shape index (κ2) is 6.30. The lowest BCUT2D eigenvalue weighted by Crippen LogP contribution is -2.08. The fraction of sp³-hybridized carbons (Fsp3) is 0.118. The zero-order valence-corrected chi connectivity index (χ0v) is 12.6. The minimum absolute atomic E-state index is 0.329. The average molecular weight is 316 g/mol. The monoisotopic (exact) mass is 315 g/mol. The van der Waals surface area contributed by atoms with E-state index in [0.717, 1.165) is 11.3 Å². The maximum absolute atomic E-state index is 13.2. The number of rotatable bonds is 4. The van der Waals surface area contributed by atoms with E-state index in [0.29, 0.717) is 29.4 Å². The van der Waals surface area contributed by atoms with Gasteiger partial charge >= 0.3 is 0 Å². The van der Waals surface area contributed by atoms with Crippen molar-refractivity contribution in [1.29, 1.82) is 0 Å². The Bertz CT molecular complexity index is 784. The molecule has 1 aromatic heterocycles. The van der Waals surface area contributed by atoms with Crippen LogP contribution in [0.1, 0.15) is 11.3 Å². The van der Waals surface area contributed by atoms with Crippen LogP contribution in [0.15, 0.2) is 54.9 Å². The molecule has 0 saturated carbocycles. The highest BCUT2D eigenvalue weighted by Gasteiger charge is 2.15. The van der Waals surface area contributed by atoms with Gasteiger partial charge in [0.2, 0.25) is 0 Å². The van der Waals surface area contributed by atoms with Crippen LogP contribution in [0.5, 0.6) is 0 Å². The van der Waals surface area contributed by atoms with Crippen molar-refractivity contribution in [1.82, 2.24) is 9.55 Å². The van der Waals surface area contributed by atoms with Gasteiger partial charge < -0.3 is 10.3 Å². The Morgan fingerprint density at radius 1 is 1.14 bits per heavy atom. The minimum atomic E-state index is -0.369. The third-order valence-electron chi connectivity index (χ3n) is 3.52. The highest BCUT2D eigenvalue weighted by atomic mass is 35.5. The number of aromatic nitrogens is 2. The molecule has 0 radical (unpaired) electrons. The van der Waals surface area contributed by atoms with E-state index in [4.69, 9.17) is 17.3 Å². The average Bonchev–Trinajstić information content (AvgIpc) is 2.91. The molecule has 3 aromatic rings. The topological polar surface area (TPSA) is 43.8 Å². The van der Waals surface area contributed by atoms with E-state index < -0.39 is 0 Å². The van der Waals surface area contributed by atoms with E-state index in [1.807, 2.05) is 34.9 Å². The lowest BCUT2D eigenvalue weighted by Gasteiger charge is -2.09. The smallest absolute Gasteiger partial charge is 0.124 e. The molecule has 0 saturated heterocycles. The largest absolute Gasteiger partial charge is 0.328 e. The first-order valence-corrected chi connectivity index (χ1v) is 7.30. The third-order valence-corrected chi connectivity index (χ3v) is 3.83. The van der Waals surface area contributed by atoms with Gasteiger partial charge in [0, 0.05) is 18.7 Å². The van der Waals surface area contributed by atoms with Crippen molar-refractivity contribution in [3.8, 4) is 11.3 Å². The quantitative estimate of drug-likeness (QED) is 0.794. The van der Waals surface area contributed by atoms with Crippen LogP contribution in [-0.2, 0) is 13.1 Å². The molecule has 0 unspecified atom stereocenters. The van der Waals surface area contributed by atoms with Gasteiger partial charge in [0.1, 0.15) is 5.82 Å². The summed E-state index contributed by atoms with van der Waals surface area (Å²) < 4.78 is 15.2. The number of halogens is 2. The molecule has 5 heteroatoms. The molecule has 1 heterocycles. The van der Waals surface area contributed by atoms with E-state index in [-0.39, 0.29) is 5.82 Å². The van der Waals surface area contributed by atoms with Crippen LogP contribution in [0.2, 0.25) is 5.02 Å². The molecule has 0 amide bonds. The number of nitrogens with zero attached hydrogens (tertiary/aromatic N) is 2.